The highest BCUT2D eigenvalue weighted by molar-refractivity contribution is 7.14. The summed E-state index contributed by atoms with van der Waals surface area (Å²) in [6.07, 6.45) is 0. The number of nitrogens with one attached hydrogen (secondary N) is 1. The molecule has 0 radical (unpaired) electrons. The van der Waals surface area contributed by atoms with Crippen LogP contribution in [0.5, 0.6) is 5.75 Å². The summed E-state index contributed by atoms with van der Waals surface area (Å²) in [5.41, 5.74) is 1.76. The summed E-state index contributed by atoms with van der Waals surface area (Å²) in [6, 6.07) is 13.0. The zero-order chi connectivity index (χ0) is 20.5. The third kappa shape index (κ3) is 3.50. The predicted molar refractivity (Wildman–Crippen MR) is 111 cm³/mol. The maximum Gasteiger partial charge on any atom is 0.258 e. The van der Waals surface area contributed by atoms with E-state index >= 15 is 0 Å². The van der Waals surface area contributed by atoms with Crippen molar-refractivity contribution >= 4 is 33.3 Å². The van der Waals surface area contributed by atoms with Gasteiger partial charge >= 0.3 is 0 Å². The molecule has 1 N–H and O–H groups in total. The van der Waals surface area contributed by atoms with Gasteiger partial charge in [0.15, 0.2) is 16.7 Å². The van der Waals surface area contributed by atoms with Crippen molar-refractivity contribution in [3.63, 3.8) is 0 Å². The number of benzene rings is 2. The van der Waals surface area contributed by atoms with Crippen LogP contribution in [-0.2, 0) is 7.05 Å². The van der Waals surface area contributed by atoms with Gasteiger partial charge in [-0.05, 0) is 24.3 Å². The fourth-order valence-corrected chi connectivity index (χ4v) is 3.77. The fraction of sp³-hybridized carbons (Fsp3) is 0.0952. The van der Waals surface area contributed by atoms with E-state index in [0.717, 1.165) is 0 Å². The van der Waals surface area contributed by atoms with Crippen LogP contribution in [-0.4, -0.2) is 22.6 Å². The molecule has 0 unspecified atom stereocenters. The first kappa shape index (κ1) is 18.8. The SMILES string of the molecule is COc1ccc(-c2csc(NC(=O)c3cc(=O)n(C)c4ccccc34)n2)cc1F. The average Bonchev–Trinajstić information content (AvgIpc) is 3.19. The lowest BCUT2D eigenvalue weighted by Gasteiger charge is -2.09. The average molecular weight is 409 g/mol. The Kier molecular flexibility index (Phi) is 4.85. The molecule has 4 rings (SSSR count). The van der Waals surface area contributed by atoms with Crippen LogP contribution in [0.3, 0.4) is 0 Å². The molecule has 2 heterocycles. The van der Waals surface area contributed by atoms with Gasteiger partial charge in [-0.3, -0.25) is 14.9 Å². The zero-order valence-corrected chi connectivity index (χ0v) is 16.4. The number of rotatable bonds is 4. The topological polar surface area (TPSA) is 73.2 Å². The molecule has 0 fully saturated rings. The van der Waals surface area contributed by atoms with E-state index in [4.69, 9.17) is 4.74 Å². The molecule has 0 spiro atoms. The highest BCUT2D eigenvalue weighted by atomic mass is 32.1. The molecule has 0 bridgehead atoms. The molecule has 0 aliphatic rings. The Morgan fingerprint density at radius 1 is 1.21 bits per heavy atom. The van der Waals surface area contributed by atoms with Crippen molar-refractivity contribution in [2.24, 2.45) is 7.05 Å². The van der Waals surface area contributed by atoms with Crippen molar-refractivity contribution in [1.29, 1.82) is 0 Å². The number of carbonyl (C=O) groups excluding carboxylic acids is 1. The first-order chi connectivity index (χ1) is 14.0. The molecule has 4 aromatic rings. The Morgan fingerprint density at radius 3 is 2.76 bits per heavy atom. The Bertz CT molecular complexity index is 1300. The highest BCUT2D eigenvalue weighted by Crippen LogP contribution is 2.29. The van der Waals surface area contributed by atoms with Gasteiger partial charge in [0, 0.05) is 29.4 Å². The molecule has 0 saturated heterocycles. The molecule has 146 valence electrons. The van der Waals surface area contributed by atoms with Crippen molar-refractivity contribution in [2.45, 2.75) is 0 Å². The number of carbonyl (C=O) groups is 1. The maximum atomic E-state index is 13.9. The second kappa shape index (κ2) is 7.48. The normalized spacial score (nSPS) is 10.9. The van der Waals surface area contributed by atoms with E-state index in [1.165, 1.54) is 41.2 Å². The van der Waals surface area contributed by atoms with Gasteiger partial charge in [-0.25, -0.2) is 9.37 Å². The van der Waals surface area contributed by atoms with Crippen LogP contribution in [0.15, 0.2) is 58.7 Å². The Morgan fingerprint density at radius 2 is 2.00 bits per heavy atom. The number of fused-ring (bicyclic) bond motifs is 1. The van der Waals surface area contributed by atoms with E-state index in [1.807, 2.05) is 12.1 Å². The lowest BCUT2D eigenvalue weighted by molar-refractivity contribution is 0.102. The van der Waals surface area contributed by atoms with Crippen molar-refractivity contribution in [3.05, 3.63) is 75.6 Å². The maximum absolute atomic E-state index is 13.9. The molecular formula is C21H16FN3O3S. The smallest absolute Gasteiger partial charge is 0.258 e. The number of halogens is 1. The van der Waals surface area contributed by atoms with E-state index in [-0.39, 0.29) is 16.9 Å². The molecule has 2 aromatic carbocycles. The first-order valence-electron chi connectivity index (χ1n) is 8.67. The Balaban J connectivity index is 1.64. The van der Waals surface area contributed by atoms with Crippen molar-refractivity contribution in [2.75, 3.05) is 12.4 Å². The van der Waals surface area contributed by atoms with E-state index in [2.05, 4.69) is 10.3 Å². The van der Waals surface area contributed by atoms with Crippen LogP contribution < -0.4 is 15.6 Å². The number of anilines is 1. The molecule has 1 amide bonds. The number of para-hydroxylation sites is 1. The number of hydrogen-bond donors (Lipinski definition) is 1. The highest BCUT2D eigenvalue weighted by Gasteiger charge is 2.16. The third-order valence-corrected chi connectivity index (χ3v) is 5.33. The number of methoxy groups -OCH3 is 1. The number of hydrogen-bond acceptors (Lipinski definition) is 5. The quantitative estimate of drug-likeness (QED) is 0.552. The van der Waals surface area contributed by atoms with Gasteiger partial charge in [0.1, 0.15) is 0 Å². The van der Waals surface area contributed by atoms with Gasteiger partial charge in [-0.15, -0.1) is 11.3 Å². The molecule has 0 saturated carbocycles. The number of amides is 1. The van der Waals surface area contributed by atoms with E-state index in [1.54, 1.807) is 30.6 Å². The van der Waals surface area contributed by atoms with E-state index in [0.29, 0.717) is 27.3 Å². The van der Waals surface area contributed by atoms with Gasteiger partial charge in [0.05, 0.1) is 23.9 Å². The standard InChI is InChI=1S/C21H16FN3O3S/c1-25-17-6-4-3-5-13(17)14(10-19(25)26)20(27)24-21-23-16(11-29-21)12-7-8-18(28-2)15(22)9-12/h3-11H,1-2H3,(H,23,24,27). The summed E-state index contributed by atoms with van der Waals surface area (Å²) in [6.45, 7) is 0. The van der Waals surface area contributed by atoms with Crippen LogP contribution >= 0.6 is 11.3 Å². The number of aryl methyl sites for hydroxylation is 1. The third-order valence-electron chi connectivity index (χ3n) is 4.57. The molecule has 29 heavy (non-hydrogen) atoms. The Hall–Kier alpha value is -3.52. The van der Waals surface area contributed by atoms with Crippen LogP contribution in [0, 0.1) is 5.82 Å². The van der Waals surface area contributed by atoms with E-state index in [9.17, 15) is 14.0 Å². The van der Waals surface area contributed by atoms with E-state index < -0.39 is 11.7 Å². The number of aromatic nitrogens is 2. The second-order valence-corrected chi connectivity index (χ2v) is 7.17. The minimum absolute atomic E-state index is 0.148. The molecule has 0 aliphatic heterocycles. The van der Waals surface area contributed by atoms with Crippen LogP contribution in [0.25, 0.3) is 22.2 Å². The lowest BCUT2D eigenvalue weighted by atomic mass is 10.1. The van der Waals surface area contributed by atoms with Crippen molar-refractivity contribution < 1.29 is 13.9 Å². The molecule has 0 aliphatic carbocycles. The van der Waals surface area contributed by atoms with Crippen LogP contribution in [0.1, 0.15) is 10.4 Å². The van der Waals surface area contributed by atoms with Gasteiger partial charge in [0.2, 0.25) is 0 Å². The monoisotopic (exact) mass is 409 g/mol. The van der Waals surface area contributed by atoms with Crippen LogP contribution in [0.4, 0.5) is 9.52 Å². The Labute approximate surface area is 169 Å². The fourth-order valence-electron chi connectivity index (χ4n) is 3.05. The first-order valence-corrected chi connectivity index (χ1v) is 9.55. The predicted octanol–water partition coefficient (Wildman–Crippen LogP) is 4.06. The summed E-state index contributed by atoms with van der Waals surface area (Å²) < 4.78 is 20.4. The largest absolute Gasteiger partial charge is 0.494 e. The molecule has 6 nitrogen and oxygen atoms in total. The molecule has 2 aromatic heterocycles. The van der Waals surface area contributed by atoms with Gasteiger partial charge in [0.25, 0.3) is 11.5 Å². The van der Waals surface area contributed by atoms with Gasteiger partial charge < -0.3 is 9.30 Å². The van der Waals surface area contributed by atoms with Gasteiger partial charge in [-0.1, -0.05) is 18.2 Å². The zero-order valence-electron chi connectivity index (χ0n) is 15.6. The summed E-state index contributed by atoms with van der Waals surface area (Å²) in [5, 5.41) is 5.47. The van der Waals surface area contributed by atoms with Crippen molar-refractivity contribution in [1.82, 2.24) is 9.55 Å². The minimum Gasteiger partial charge on any atom is -0.494 e. The van der Waals surface area contributed by atoms with Crippen LogP contribution in [0.2, 0.25) is 0 Å². The number of nitrogens with zero attached hydrogens (tertiary/aromatic N) is 2. The summed E-state index contributed by atoms with van der Waals surface area (Å²) in [5.74, 6) is -0.772. The second-order valence-electron chi connectivity index (χ2n) is 6.31. The number of thiazole rings is 1. The number of pyridine rings is 1. The summed E-state index contributed by atoms with van der Waals surface area (Å²) >= 11 is 1.22. The van der Waals surface area contributed by atoms with Crippen molar-refractivity contribution in [3.8, 4) is 17.0 Å². The summed E-state index contributed by atoms with van der Waals surface area (Å²) in [7, 11) is 3.06. The summed E-state index contributed by atoms with van der Waals surface area (Å²) in [4.78, 5) is 29.4. The lowest BCUT2D eigenvalue weighted by Crippen LogP contribution is -2.21. The minimum atomic E-state index is -0.491. The number of ether oxygens (including phenoxy) is 1. The molecule has 0 atom stereocenters. The molecule has 8 heteroatoms. The molecular weight excluding hydrogens is 393 g/mol. The van der Waals surface area contributed by atoms with Gasteiger partial charge in [-0.2, -0.15) is 0 Å².